The van der Waals surface area contributed by atoms with Crippen LogP contribution in [0.4, 0.5) is 0 Å². The van der Waals surface area contributed by atoms with Crippen molar-refractivity contribution < 1.29 is 9.84 Å². The third-order valence-electron chi connectivity index (χ3n) is 3.98. The molecule has 0 aliphatic carbocycles. The summed E-state index contributed by atoms with van der Waals surface area (Å²) >= 11 is 0. The summed E-state index contributed by atoms with van der Waals surface area (Å²) in [6, 6.07) is 12.5. The van der Waals surface area contributed by atoms with Gasteiger partial charge in [0.2, 0.25) is 0 Å². The van der Waals surface area contributed by atoms with E-state index < -0.39 is 0 Å². The van der Waals surface area contributed by atoms with Gasteiger partial charge in [-0.15, -0.1) is 0 Å². The zero-order chi connectivity index (χ0) is 14.6. The standard InChI is InChI=1S/C17H23NO2/c1-4-17(2,12-19)18-11-15-9-13-7-5-6-8-14(13)10-16(15)20-3/h5-10,18-19H,4,11-12H2,1-3H3. The molecule has 2 N–H and O–H groups in total. The molecule has 0 saturated heterocycles. The van der Waals surface area contributed by atoms with Crippen molar-refractivity contribution in [2.75, 3.05) is 13.7 Å². The highest BCUT2D eigenvalue weighted by Gasteiger charge is 2.20. The molecule has 0 aliphatic heterocycles. The predicted molar refractivity (Wildman–Crippen MR) is 83.1 cm³/mol. The fourth-order valence-corrected chi connectivity index (χ4v) is 2.20. The first-order chi connectivity index (χ1) is 9.61. The molecule has 0 aromatic heterocycles. The number of ether oxygens (including phenoxy) is 1. The summed E-state index contributed by atoms with van der Waals surface area (Å²) in [6.45, 7) is 4.90. The van der Waals surface area contributed by atoms with Crippen molar-refractivity contribution in [3.8, 4) is 5.75 Å². The average molecular weight is 273 g/mol. The quantitative estimate of drug-likeness (QED) is 0.850. The van der Waals surface area contributed by atoms with E-state index in [0.29, 0.717) is 6.54 Å². The number of methoxy groups -OCH3 is 1. The minimum absolute atomic E-state index is 0.124. The Balaban J connectivity index is 2.28. The van der Waals surface area contributed by atoms with Gasteiger partial charge in [0.15, 0.2) is 0 Å². The van der Waals surface area contributed by atoms with Crippen LogP contribution in [0.5, 0.6) is 5.75 Å². The van der Waals surface area contributed by atoms with Crippen LogP contribution in [0.15, 0.2) is 36.4 Å². The highest BCUT2D eigenvalue weighted by molar-refractivity contribution is 5.85. The molecule has 0 spiro atoms. The van der Waals surface area contributed by atoms with Crippen LogP contribution < -0.4 is 10.1 Å². The van der Waals surface area contributed by atoms with Crippen LogP contribution in [0.1, 0.15) is 25.8 Å². The molecule has 1 unspecified atom stereocenters. The molecule has 0 saturated carbocycles. The SMILES string of the molecule is CCC(C)(CO)NCc1cc2ccccc2cc1OC. The van der Waals surface area contributed by atoms with E-state index in [9.17, 15) is 5.11 Å². The first-order valence-electron chi connectivity index (χ1n) is 7.03. The number of aliphatic hydroxyl groups excluding tert-OH is 1. The predicted octanol–water partition coefficient (Wildman–Crippen LogP) is 3.10. The minimum atomic E-state index is -0.253. The number of aliphatic hydroxyl groups is 1. The summed E-state index contributed by atoms with van der Waals surface area (Å²) in [5, 5.41) is 15.3. The molecule has 0 aliphatic rings. The smallest absolute Gasteiger partial charge is 0.123 e. The highest BCUT2D eigenvalue weighted by Crippen LogP contribution is 2.26. The highest BCUT2D eigenvalue weighted by atomic mass is 16.5. The lowest BCUT2D eigenvalue weighted by atomic mass is 9.99. The van der Waals surface area contributed by atoms with E-state index in [1.54, 1.807) is 7.11 Å². The zero-order valence-corrected chi connectivity index (χ0v) is 12.4. The average Bonchev–Trinajstić information content (AvgIpc) is 2.51. The van der Waals surface area contributed by atoms with Gasteiger partial charge >= 0.3 is 0 Å². The maximum absolute atomic E-state index is 9.47. The molecule has 0 radical (unpaired) electrons. The number of benzene rings is 2. The third-order valence-corrected chi connectivity index (χ3v) is 3.98. The monoisotopic (exact) mass is 273 g/mol. The van der Waals surface area contributed by atoms with E-state index in [1.165, 1.54) is 10.8 Å². The van der Waals surface area contributed by atoms with Gasteiger partial charge in [0.1, 0.15) is 5.75 Å². The Bertz CT molecular complexity index is 576. The summed E-state index contributed by atoms with van der Waals surface area (Å²) in [4.78, 5) is 0. The molecule has 2 aromatic carbocycles. The zero-order valence-electron chi connectivity index (χ0n) is 12.4. The van der Waals surface area contributed by atoms with Gasteiger partial charge in [-0.3, -0.25) is 0 Å². The van der Waals surface area contributed by atoms with Gasteiger partial charge in [-0.05, 0) is 36.2 Å². The molecule has 3 nitrogen and oxygen atoms in total. The van der Waals surface area contributed by atoms with Crippen molar-refractivity contribution in [2.45, 2.75) is 32.4 Å². The van der Waals surface area contributed by atoms with E-state index in [-0.39, 0.29) is 12.1 Å². The summed E-state index contributed by atoms with van der Waals surface area (Å²) in [5.41, 5.74) is 0.857. The van der Waals surface area contributed by atoms with E-state index >= 15 is 0 Å². The molecule has 2 aromatic rings. The maximum atomic E-state index is 9.47. The molecule has 0 amide bonds. The van der Waals surface area contributed by atoms with Crippen molar-refractivity contribution in [3.63, 3.8) is 0 Å². The molecule has 108 valence electrons. The summed E-state index contributed by atoms with van der Waals surface area (Å²) in [5.74, 6) is 0.882. The molecule has 3 heteroatoms. The molecule has 20 heavy (non-hydrogen) atoms. The van der Waals surface area contributed by atoms with Crippen LogP contribution in [0, 0.1) is 0 Å². The Kier molecular flexibility index (Phi) is 4.63. The van der Waals surface area contributed by atoms with E-state index in [0.717, 1.165) is 17.7 Å². The molecule has 1 atom stereocenters. The summed E-state index contributed by atoms with van der Waals surface area (Å²) in [6.07, 6.45) is 0.874. The minimum Gasteiger partial charge on any atom is -0.496 e. The largest absolute Gasteiger partial charge is 0.496 e. The lowest BCUT2D eigenvalue weighted by molar-refractivity contribution is 0.168. The number of hydrogen-bond donors (Lipinski definition) is 2. The number of hydrogen-bond acceptors (Lipinski definition) is 3. The molecule has 2 rings (SSSR count). The summed E-state index contributed by atoms with van der Waals surface area (Å²) < 4.78 is 5.48. The lowest BCUT2D eigenvalue weighted by Crippen LogP contribution is -2.44. The Morgan fingerprint density at radius 2 is 1.85 bits per heavy atom. The number of rotatable bonds is 6. The van der Waals surface area contributed by atoms with Crippen LogP contribution in [0.2, 0.25) is 0 Å². The second kappa shape index (κ2) is 6.25. The molecular weight excluding hydrogens is 250 g/mol. The van der Waals surface area contributed by atoms with Gasteiger partial charge in [0.05, 0.1) is 13.7 Å². The number of nitrogens with one attached hydrogen (secondary N) is 1. The van der Waals surface area contributed by atoms with Crippen molar-refractivity contribution in [1.29, 1.82) is 0 Å². The van der Waals surface area contributed by atoms with Gasteiger partial charge in [0, 0.05) is 17.6 Å². The molecule has 0 heterocycles. The van der Waals surface area contributed by atoms with E-state index in [1.807, 2.05) is 19.1 Å². The third kappa shape index (κ3) is 3.11. The van der Waals surface area contributed by atoms with Crippen LogP contribution in [-0.2, 0) is 6.54 Å². The summed E-state index contributed by atoms with van der Waals surface area (Å²) in [7, 11) is 1.69. The van der Waals surface area contributed by atoms with Gasteiger partial charge < -0.3 is 15.2 Å². The Morgan fingerprint density at radius 3 is 2.40 bits per heavy atom. The lowest BCUT2D eigenvalue weighted by Gasteiger charge is -2.27. The Labute approximate surface area is 120 Å². The molecular formula is C17H23NO2. The fourth-order valence-electron chi connectivity index (χ4n) is 2.20. The van der Waals surface area contributed by atoms with Gasteiger partial charge in [-0.25, -0.2) is 0 Å². The van der Waals surface area contributed by atoms with Crippen molar-refractivity contribution in [1.82, 2.24) is 5.32 Å². The Hall–Kier alpha value is -1.58. The fraction of sp³-hybridized carbons (Fsp3) is 0.412. The molecule has 0 fully saturated rings. The van der Waals surface area contributed by atoms with Gasteiger partial charge in [-0.1, -0.05) is 31.2 Å². The normalized spacial score (nSPS) is 14.2. The first-order valence-corrected chi connectivity index (χ1v) is 7.03. The topological polar surface area (TPSA) is 41.5 Å². The van der Waals surface area contributed by atoms with Gasteiger partial charge in [-0.2, -0.15) is 0 Å². The second-order valence-corrected chi connectivity index (χ2v) is 5.44. The van der Waals surface area contributed by atoms with Crippen LogP contribution in [-0.4, -0.2) is 24.4 Å². The van der Waals surface area contributed by atoms with Crippen molar-refractivity contribution >= 4 is 10.8 Å². The van der Waals surface area contributed by atoms with Crippen molar-refractivity contribution in [2.24, 2.45) is 0 Å². The van der Waals surface area contributed by atoms with Crippen molar-refractivity contribution in [3.05, 3.63) is 42.0 Å². The van der Waals surface area contributed by atoms with Gasteiger partial charge in [0.25, 0.3) is 0 Å². The number of fused-ring (bicyclic) bond motifs is 1. The van der Waals surface area contributed by atoms with E-state index in [2.05, 4.69) is 36.5 Å². The van der Waals surface area contributed by atoms with Crippen LogP contribution in [0.25, 0.3) is 10.8 Å². The second-order valence-electron chi connectivity index (χ2n) is 5.44. The maximum Gasteiger partial charge on any atom is 0.123 e. The van der Waals surface area contributed by atoms with Crippen LogP contribution in [0.3, 0.4) is 0 Å². The van der Waals surface area contributed by atoms with E-state index in [4.69, 9.17) is 4.74 Å². The first kappa shape index (κ1) is 14.8. The molecule has 0 bridgehead atoms. The Morgan fingerprint density at radius 1 is 1.20 bits per heavy atom. The van der Waals surface area contributed by atoms with Crippen LogP contribution >= 0.6 is 0 Å².